The van der Waals surface area contributed by atoms with Gasteiger partial charge in [0.15, 0.2) is 0 Å². The van der Waals surface area contributed by atoms with Crippen molar-refractivity contribution in [1.29, 1.82) is 0 Å². The normalized spacial score (nSPS) is 15.9. The number of hydrogen-bond acceptors (Lipinski definition) is 4. The van der Waals surface area contributed by atoms with E-state index in [-0.39, 0.29) is 0 Å². The first-order valence-electron chi connectivity index (χ1n) is 9.76. The van der Waals surface area contributed by atoms with Gasteiger partial charge < -0.3 is 0 Å². The van der Waals surface area contributed by atoms with Crippen LogP contribution in [0.5, 0.6) is 0 Å². The van der Waals surface area contributed by atoms with Crippen molar-refractivity contribution in [2.45, 2.75) is 6.67 Å². The highest BCUT2D eigenvalue weighted by Gasteiger charge is 2.17. The molecule has 3 aromatic rings. The third-order valence-corrected chi connectivity index (χ3v) is 5.73. The van der Waals surface area contributed by atoms with Crippen LogP contribution in [0.25, 0.3) is 11.8 Å². The molecule has 0 amide bonds. The molecule has 1 aliphatic heterocycles. The van der Waals surface area contributed by atoms with Crippen molar-refractivity contribution in [2.75, 3.05) is 32.7 Å². The van der Waals surface area contributed by atoms with Gasteiger partial charge in [-0.3, -0.25) is 14.4 Å². The van der Waals surface area contributed by atoms with Gasteiger partial charge in [0.2, 0.25) is 4.77 Å². The minimum absolute atomic E-state index is 0.681. The molecule has 29 heavy (non-hydrogen) atoms. The summed E-state index contributed by atoms with van der Waals surface area (Å²) in [4.78, 5) is 4.86. The molecule has 1 aliphatic rings. The average Bonchev–Trinajstić information content (AvgIpc) is 3.10. The second kappa shape index (κ2) is 9.50. The monoisotopic (exact) mass is 425 g/mol. The standard InChI is InChI=1S/C22H24ClN5S/c23-20-9-4-10-21(16-20)27-17-24-28(22(27)29)18-26-14-12-25(13-15-26)11-5-8-19-6-2-1-3-7-19/h1-10,16-17H,11-15,18H2. The lowest BCUT2D eigenvalue weighted by Crippen LogP contribution is -2.46. The van der Waals surface area contributed by atoms with Gasteiger partial charge in [-0.25, -0.2) is 4.68 Å². The second-order valence-electron chi connectivity index (χ2n) is 7.14. The Kier molecular flexibility index (Phi) is 6.56. The fraction of sp³-hybridized carbons (Fsp3) is 0.273. The van der Waals surface area contributed by atoms with E-state index in [0.29, 0.717) is 16.5 Å². The molecule has 0 bridgehead atoms. The molecule has 5 nitrogen and oxygen atoms in total. The molecule has 0 aliphatic carbocycles. The SMILES string of the molecule is S=c1n(-c2cccc(Cl)c2)cnn1CN1CCN(CC=Cc2ccccc2)CC1. The molecular formula is C22H24ClN5S. The Morgan fingerprint density at radius 3 is 2.48 bits per heavy atom. The van der Waals surface area contributed by atoms with E-state index < -0.39 is 0 Å². The molecule has 0 spiro atoms. The Morgan fingerprint density at radius 2 is 1.72 bits per heavy atom. The summed E-state index contributed by atoms with van der Waals surface area (Å²) in [7, 11) is 0. The van der Waals surface area contributed by atoms with Crippen molar-refractivity contribution in [3.63, 3.8) is 0 Å². The molecule has 7 heteroatoms. The highest BCUT2D eigenvalue weighted by atomic mass is 35.5. The Morgan fingerprint density at radius 1 is 0.966 bits per heavy atom. The lowest BCUT2D eigenvalue weighted by atomic mass is 10.2. The highest BCUT2D eigenvalue weighted by molar-refractivity contribution is 7.71. The summed E-state index contributed by atoms with van der Waals surface area (Å²) >= 11 is 11.7. The molecule has 0 atom stereocenters. The molecule has 1 aromatic heterocycles. The van der Waals surface area contributed by atoms with Gasteiger partial charge >= 0.3 is 0 Å². The van der Waals surface area contributed by atoms with Gasteiger partial charge in [-0.2, -0.15) is 5.10 Å². The molecule has 150 valence electrons. The largest absolute Gasteiger partial charge is 0.297 e. The van der Waals surface area contributed by atoms with Crippen LogP contribution < -0.4 is 0 Å². The highest BCUT2D eigenvalue weighted by Crippen LogP contribution is 2.15. The zero-order valence-corrected chi connectivity index (χ0v) is 17.8. The molecule has 1 saturated heterocycles. The maximum absolute atomic E-state index is 6.10. The van der Waals surface area contributed by atoms with Crippen LogP contribution >= 0.6 is 23.8 Å². The smallest absolute Gasteiger partial charge is 0.203 e. The van der Waals surface area contributed by atoms with Crippen LogP contribution in [0.4, 0.5) is 0 Å². The molecule has 2 aromatic carbocycles. The number of rotatable bonds is 6. The summed E-state index contributed by atoms with van der Waals surface area (Å²) < 4.78 is 4.45. The number of nitrogens with zero attached hydrogens (tertiary/aromatic N) is 5. The van der Waals surface area contributed by atoms with Crippen LogP contribution in [0.15, 0.2) is 67.0 Å². The second-order valence-corrected chi connectivity index (χ2v) is 7.94. The van der Waals surface area contributed by atoms with Gasteiger partial charge in [-0.1, -0.05) is 60.2 Å². The van der Waals surface area contributed by atoms with Crippen molar-refractivity contribution in [3.05, 3.63) is 82.4 Å². The molecule has 0 radical (unpaired) electrons. The van der Waals surface area contributed by atoms with Crippen molar-refractivity contribution < 1.29 is 0 Å². The van der Waals surface area contributed by atoms with Crippen LogP contribution in [0.2, 0.25) is 5.02 Å². The maximum Gasteiger partial charge on any atom is 0.203 e. The molecule has 4 rings (SSSR count). The molecule has 1 fully saturated rings. The van der Waals surface area contributed by atoms with E-state index in [1.807, 2.05) is 39.6 Å². The zero-order chi connectivity index (χ0) is 20.1. The van der Waals surface area contributed by atoms with Gasteiger partial charge in [-0.15, -0.1) is 0 Å². The Hall–Kier alpha value is -2.25. The van der Waals surface area contributed by atoms with Crippen LogP contribution in [-0.4, -0.2) is 56.9 Å². The number of piperazine rings is 1. The van der Waals surface area contributed by atoms with Gasteiger partial charge in [0.25, 0.3) is 0 Å². The third kappa shape index (κ3) is 5.22. The summed E-state index contributed by atoms with van der Waals surface area (Å²) in [6.45, 7) is 5.78. The van der Waals surface area contributed by atoms with E-state index in [2.05, 4.69) is 51.3 Å². The van der Waals surface area contributed by atoms with Gasteiger partial charge in [0, 0.05) is 37.7 Å². The lowest BCUT2D eigenvalue weighted by Gasteiger charge is -2.33. The Balaban J connectivity index is 1.30. The van der Waals surface area contributed by atoms with Gasteiger partial charge in [0.05, 0.1) is 12.4 Å². The summed E-state index contributed by atoms with van der Waals surface area (Å²) in [5.74, 6) is 0. The topological polar surface area (TPSA) is 29.2 Å². The number of aromatic nitrogens is 3. The summed E-state index contributed by atoms with van der Waals surface area (Å²) in [5, 5.41) is 5.17. The average molecular weight is 426 g/mol. The van der Waals surface area contributed by atoms with E-state index in [1.54, 1.807) is 6.33 Å². The third-order valence-electron chi connectivity index (χ3n) is 5.09. The number of halogens is 1. The molecule has 2 heterocycles. The predicted molar refractivity (Wildman–Crippen MR) is 121 cm³/mol. The minimum Gasteiger partial charge on any atom is -0.297 e. The van der Waals surface area contributed by atoms with Crippen molar-refractivity contribution in [3.8, 4) is 5.69 Å². The van der Waals surface area contributed by atoms with Crippen LogP contribution in [0.3, 0.4) is 0 Å². The first-order chi connectivity index (χ1) is 14.2. The van der Waals surface area contributed by atoms with Crippen LogP contribution in [0, 0.1) is 4.77 Å². The summed E-state index contributed by atoms with van der Waals surface area (Å²) in [6, 6.07) is 18.1. The Labute approximate surface area is 181 Å². The van der Waals surface area contributed by atoms with Crippen molar-refractivity contribution in [1.82, 2.24) is 24.1 Å². The van der Waals surface area contributed by atoms with E-state index in [0.717, 1.165) is 38.4 Å². The first kappa shape index (κ1) is 20.0. The Bertz CT molecular complexity index is 1020. The maximum atomic E-state index is 6.10. The number of hydrogen-bond donors (Lipinski definition) is 0. The lowest BCUT2D eigenvalue weighted by molar-refractivity contribution is 0.110. The minimum atomic E-state index is 0.681. The van der Waals surface area contributed by atoms with Crippen molar-refractivity contribution in [2.24, 2.45) is 0 Å². The predicted octanol–water partition coefficient (Wildman–Crippen LogP) is 4.35. The fourth-order valence-corrected chi connectivity index (χ4v) is 3.88. The van der Waals surface area contributed by atoms with E-state index in [4.69, 9.17) is 23.8 Å². The first-order valence-corrected chi connectivity index (χ1v) is 10.5. The molecule has 0 N–H and O–H groups in total. The van der Waals surface area contributed by atoms with Gasteiger partial charge in [-0.05, 0) is 36.0 Å². The molecule has 0 saturated carbocycles. The van der Waals surface area contributed by atoms with Crippen molar-refractivity contribution >= 4 is 29.9 Å². The molecular weight excluding hydrogens is 402 g/mol. The van der Waals surface area contributed by atoms with E-state index >= 15 is 0 Å². The quantitative estimate of drug-likeness (QED) is 0.549. The van der Waals surface area contributed by atoms with E-state index in [1.165, 1.54) is 5.56 Å². The zero-order valence-electron chi connectivity index (χ0n) is 16.2. The van der Waals surface area contributed by atoms with Crippen LogP contribution in [-0.2, 0) is 6.67 Å². The molecule has 0 unspecified atom stereocenters. The summed E-state index contributed by atoms with van der Waals surface area (Å²) in [5.41, 5.74) is 2.18. The fourth-order valence-electron chi connectivity index (χ4n) is 3.44. The number of benzene rings is 2. The summed E-state index contributed by atoms with van der Waals surface area (Å²) in [6.07, 6.45) is 6.19. The van der Waals surface area contributed by atoms with Gasteiger partial charge in [0.1, 0.15) is 6.33 Å². The van der Waals surface area contributed by atoms with Crippen LogP contribution in [0.1, 0.15) is 5.56 Å². The van der Waals surface area contributed by atoms with E-state index in [9.17, 15) is 0 Å².